The fourth-order valence-electron chi connectivity index (χ4n) is 4.84. The van der Waals surface area contributed by atoms with Gasteiger partial charge in [-0.25, -0.2) is 4.31 Å². The van der Waals surface area contributed by atoms with E-state index in [4.69, 9.17) is 0 Å². The Balaban J connectivity index is 1.43. The van der Waals surface area contributed by atoms with E-state index in [0.29, 0.717) is 0 Å². The van der Waals surface area contributed by atoms with Crippen molar-refractivity contribution in [1.82, 2.24) is 8.87 Å². The number of fused-ring (bicyclic) bond motifs is 1. The van der Waals surface area contributed by atoms with Crippen LogP contribution in [0.3, 0.4) is 0 Å². The summed E-state index contributed by atoms with van der Waals surface area (Å²) in [5.74, 6) is 0. The second kappa shape index (κ2) is 10.9. The van der Waals surface area contributed by atoms with E-state index < -0.39 is 0 Å². The van der Waals surface area contributed by atoms with Gasteiger partial charge in [0.15, 0.2) is 0 Å². The van der Waals surface area contributed by atoms with E-state index in [1.54, 1.807) is 11.9 Å². The molecule has 0 spiro atoms. The minimum Gasteiger partial charge on any atom is -0.343 e. The lowest BCUT2D eigenvalue weighted by Gasteiger charge is -2.29. The number of aromatic nitrogens is 1. The van der Waals surface area contributed by atoms with Crippen LogP contribution in [0.5, 0.6) is 0 Å². The maximum atomic E-state index is 10.2. The molecule has 0 aliphatic rings. The monoisotopic (exact) mass is 487 g/mol. The fourth-order valence-corrected chi connectivity index (χ4v) is 5.85. The molecule has 1 aromatic heterocycles. The summed E-state index contributed by atoms with van der Waals surface area (Å²) in [5.41, 5.74) is 7.14. The molecule has 0 aliphatic heterocycles. The van der Waals surface area contributed by atoms with Crippen LogP contribution in [0.2, 0.25) is 0 Å². The van der Waals surface area contributed by atoms with Crippen molar-refractivity contribution >= 4 is 22.9 Å². The molecule has 4 heteroatoms. The maximum Gasteiger partial charge on any atom is 0.131 e. The quantitative estimate of drug-likeness (QED) is 0.208. The standard InChI is InChI=1S/C32H29N3S/c1-24-22-35(23-25-12-6-3-7-13-25)30-19-18-28(20-29(24)30)31(21-33)36-34(2)32(26-14-8-4-9-15-26)27-16-10-5-11-17-27/h3-20,22,31-32H,23H2,1-2H3. The minimum atomic E-state index is -0.314. The highest BCUT2D eigenvalue weighted by molar-refractivity contribution is 7.97. The Bertz CT molecular complexity index is 1430. The fraction of sp³-hybridized carbons (Fsp3) is 0.156. The molecule has 0 fully saturated rings. The van der Waals surface area contributed by atoms with Crippen molar-refractivity contribution < 1.29 is 0 Å². The Hall–Kier alpha value is -3.78. The number of benzene rings is 4. The van der Waals surface area contributed by atoms with Crippen molar-refractivity contribution in [3.05, 3.63) is 143 Å². The minimum absolute atomic E-state index is 0.0469. The van der Waals surface area contributed by atoms with Crippen LogP contribution >= 0.6 is 11.9 Å². The van der Waals surface area contributed by atoms with E-state index in [2.05, 4.69) is 126 Å². The molecule has 0 bridgehead atoms. The van der Waals surface area contributed by atoms with E-state index in [1.807, 2.05) is 18.2 Å². The largest absolute Gasteiger partial charge is 0.343 e. The summed E-state index contributed by atoms with van der Waals surface area (Å²) in [6.07, 6.45) is 2.21. The number of hydrogen-bond donors (Lipinski definition) is 0. The SMILES string of the molecule is Cc1cn(Cc2ccccc2)c2ccc(C(C#N)SN(C)C(c3ccccc3)c3ccccc3)cc12. The van der Waals surface area contributed by atoms with Gasteiger partial charge in [0.25, 0.3) is 0 Å². The summed E-state index contributed by atoms with van der Waals surface area (Å²) in [4.78, 5) is 0. The lowest BCUT2D eigenvalue weighted by Crippen LogP contribution is -2.20. The van der Waals surface area contributed by atoms with Gasteiger partial charge in [0.1, 0.15) is 5.25 Å². The zero-order valence-electron chi connectivity index (χ0n) is 20.6. The normalized spacial score (nSPS) is 12.2. The molecule has 0 radical (unpaired) electrons. The first-order valence-corrected chi connectivity index (χ1v) is 13.0. The number of nitrogens with zero attached hydrogens (tertiary/aromatic N) is 3. The predicted molar refractivity (Wildman–Crippen MR) is 151 cm³/mol. The molecule has 0 saturated carbocycles. The van der Waals surface area contributed by atoms with Crippen molar-refractivity contribution in [1.29, 1.82) is 5.26 Å². The van der Waals surface area contributed by atoms with Crippen LogP contribution < -0.4 is 0 Å². The van der Waals surface area contributed by atoms with Gasteiger partial charge in [-0.3, -0.25) is 0 Å². The van der Waals surface area contributed by atoms with Crippen molar-refractivity contribution in [2.45, 2.75) is 24.8 Å². The van der Waals surface area contributed by atoms with Gasteiger partial charge in [-0.2, -0.15) is 5.26 Å². The Morgan fingerprint density at radius 1 is 0.806 bits per heavy atom. The molecule has 5 aromatic rings. The highest BCUT2D eigenvalue weighted by Gasteiger charge is 2.24. The van der Waals surface area contributed by atoms with Crippen LogP contribution in [-0.4, -0.2) is 15.9 Å². The maximum absolute atomic E-state index is 10.2. The van der Waals surface area contributed by atoms with Crippen LogP contribution in [0.4, 0.5) is 0 Å². The molecule has 36 heavy (non-hydrogen) atoms. The third kappa shape index (κ3) is 5.09. The average Bonchev–Trinajstić information content (AvgIpc) is 3.23. The summed E-state index contributed by atoms with van der Waals surface area (Å²) in [5, 5.41) is 11.1. The molecular formula is C32H29N3S. The highest BCUT2D eigenvalue weighted by Crippen LogP contribution is 2.39. The van der Waals surface area contributed by atoms with Gasteiger partial charge in [-0.1, -0.05) is 109 Å². The van der Waals surface area contributed by atoms with Crippen LogP contribution in [0, 0.1) is 18.3 Å². The topological polar surface area (TPSA) is 32.0 Å². The molecule has 0 N–H and O–H groups in total. The summed E-state index contributed by atoms with van der Waals surface area (Å²) in [6.45, 7) is 2.98. The summed E-state index contributed by atoms with van der Waals surface area (Å²) >= 11 is 1.58. The zero-order valence-corrected chi connectivity index (χ0v) is 21.4. The smallest absolute Gasteiger partial charge is 0.131 e. The molecule has 1 unspecified atom stereocenters. The number of aryl methyl sites for hydroxylation is 1. The number of nitriles is 1. The summed E-state index contributed by atoms with van der Waals surface area (Å²) in [7, 11) is 2.08. The molecule has 0 aliphatic carbocycles. The van der Waals surface area contributed by atoms with Gasteiger partial charge in [-0.05, 0) is 53.9 Å². The van der Waals surface area contributed by atoms with Gasteiger partial charge >= 0.3 is 0 Å². The van der Waals surface area contributed by atoms with E-state index in [1.165, 1.54) is 33.2 Å². The predicted octanol–water partition coefficient (Wildman–Crippen LogP) is 7.93. The molecule has 3 nitrogen and oxygen atoms in total. The van der Waals surface area contributed by atoms with Gasteiger partial charge in [-0.15, -0.1) is 0 Å². The van der Waals surface area contributed by atoms with Crippen LogP contribution in [0.1, 0.15) is 39.1 Å². The summed E-state index contributed by atoms with van der Waals surface area (Å²) < 4.78 is 4.52. The second-order valence-corrected chi connectivity index (χ2v) is 10.3. The van der Waals surface area contributed by atoms with Gasteiger partial charge in [0.2, 0.25) is 0 Å². The summed E-state index contributed by atoms with van der Waals surface area (Å²) in [6, 6.07) is 40.6. The molecule has 5 rings (SSSR count). The third-order valence-corrected chi connectivity index (χ3v) is 7.72. The van der Waals surface area contributed by atoms with E-state index in [9.17, 15) is 5.26 Å². The van der Waals surface area contributed by atoms with Crippen LogP contribution in [-0.2, 0) is 6.54 Å². The van der Waals surface area contributed by atoms with E-state index in [-0.39, 0.29) is 11.3 Å². The third-order valence-electron chi connectivity index (χ3n) is 6.59. The molecular weight excluding hydrogens is 458 g/mol. The average molecular weight is 488 g/mol. The van der Waals surface area contributed by atoms with Gasteiger partial charge in [0, 0.05) is 23.6 Å². The van der Waals surface area contributed by atoms with Crippen LogP contribution in [0.25, 0.3) is 10.9 Å². The molecule has 1 atom stereocenters. The van der Waals surface area contributed by atoms with Crippen molar-refractivity contribution in [2.75, 3.05) is 7.05 Å². The zero-order chi connectivity index (χ0) is 24.9. The van der Waals surface area contributed by atoms with Crippen LogP contribution in [0.15, 0.2) is 115 Å². The van der Waals surface area contributed by atoms with Crippen molar-refractivity contribution in [3.63, 3.8) is 0 Å². The second-order valence-electron chi connectivity index (χ2n) is 9.09. The Labute approximate surface area is 217 Å². The molecule has 178 valence electrons. The van der Waals surface area contributed by atoms with Gasteiger partial charge < -0.3 is 4.57 Å². The molecule has 0 amide bonds. The first-order valence-electron chi connectivity index (χ1n) is 12.2. The van der Waals surface area contributed by atoms with E-state index in [0.717, 1.165) is 12.1 Å². The Morgan fingerprint density at radius 3 is 1.97 bits per heavy atom. The number of hydrogen-bond acceptors (Lipinski definition) is 3. The first-order chi connectivity index (χ1) is 17.6. The van der Waals surface area contributed by atoms with Crippen molar-refractivity contribution in [3.8, 4) is 6.07 Å². The highest BCUT2D eigenvalue weighted by atomic mass is 32.2. The molecule has 4 aromatic carbocycles. The first kappa shape index (κ1) is 23.9. The lowest BCUT2D eigenvalue weighted by atomic mass is 9.99. The van der Waals surface area contributed by atoms with Gasteiger partial charge in [0.05, 0.1) is 12.1 Å². The number of rotatable bonds is 8. The lowest BCUT2D eigenvalue weighted by molar-refractivity contribution is 0.480. The molecule has 0 saturated heterocycles. The Kier molecular flexibility index (Phi) is 7.23. The van der Waals surface area contributed by atoms with Crippen molar-refractivity contribution in [2.24, 2.45) is 0 Å². The van der Waals surface area contributed by atoms with E-state index >= 15 is 0 Å². The molecule has 1 heterocycles. The Morgan fingerprint density at radius 2 is 1.39 bits per heavy atom.